The number of nitrogens with zero attached hydrogens (tertiary/aromatic N) is 3. The molecule has 0 unspecified atom stereocenters. The maximum Gasteiger partial charge on any atom is 0.234 e. The molecule has 2 aromatic carbocycles. The summed E-state index contributed by atoms with van der Waals surface area (Å²) >= 11 is 7.30. The highest BCUT2D eigenvalue weighted by atomic mass is 35.5. The molecule has 0 aliphatic heterocycles. The summed E-state index contributed by atoms with van der Waals surface area (Å²) in [5, 5.41) is 8.80. The Morgan fingerprint density at radius 3 is 2.53 bits per heavy atom. The van der Waals surface area contributed by atoms with Crippen LogP contribution in [0.15, 0.2) is 72.0 Å². The summed E-state index contributed by atoms with van der Waals surface area (Å²) in [6, 6.07) is 16.2. The molecule has 0 spiro atoms. The second-order valence-corrected chi connectivity index (χ2v) is 7.97. The molecule has 0 radical (unpaired) electrons. The van der Waals surface area contributed by atoms with Crippen molar-refractivity contribution in [1.82, 2.24) is 14.6 Å². The van der Waals surface area contributed by atoms with E-state index in [1.165, 1.54) is 18.7 Å². The second-order valence-electron chi connectivity index (χ2n) is 6.57. The number of carbonyl (C=O) groups excluding carboxylic acids is 2. The number of aromatic nitrogens is 3. The Morgan fingerprint density at radius 1 is 1.10 bits per heavy atom. The second kappa shape index (κ2) is 8.69. The summed E-state index contributed by atoms with van der Waals surface area (Å²) in [5.74, 6) is 0.0287. The number of amides is 1. The van der Waals surface area contributed by atoms with Crippen molar-refractivity contribution in [3.63, 3.8) is 0 Å². The largest absolute Gasteiger partial charge is 0.325 e. The Hall–Kier alpha value is -3.16. The van der Waals surface area contributed by atoms with E-state index in [0.717, 1.165) is 16.8 Å². The van der Waals surface area contributed by atoms with Gasteiger partial charge in [-0.3, -0.25) is 9.59 Å². The zero-order chi connectivity index (χ0) is 21.1. The van der Waals surface area contributed by atoms with Gasteiger partial charge in [0.25, 0.3) is 0 Å². The number of rotatable bonds is 6. The van der Waals surface area contributed by atoms with Crippen molar-refractivity contribution < 1.29 is 9.59 Å². The molecule has 4 rings (SSSR count). The van der Waals surface area contributed by atoms with Crippen LogP contribution >= 0.6 is 23.4 Å². The van der Waals surface area contributed by atoms with Gasteiger partial charge in [0.15, 0.2) is 5.78 Å². The van der Waals surface area contributed by atoms with Crippen molar-refractivity contribution in [3.05, 3.63) is 77.6 Å². The van der Waals surface area contributed by atoms with E-state index in [1.54, 1.807) is 41.2 Å². The highest BCUT2D eigenvalue weighted by molar-refractivity contribution is 8.00. The molecule has 1 amide bonds. The van der Waals surface area contributed by atoms with Crippen LogP contribution in [-0.2, 0) is 4.79 Å². The lowest BCUT2D eigenvalue weighted by Crippen LogP contribution is -2.14. The lowest BCUT2D eigenvalue weighted by atomic mass is 10.1. The topological polar surface area (TPSA) is 76.4 Å². The molecule has 0 bridgehead atoms. The van der Waals surface area contributed by atoms with Crippen LogP contribution in [0.4, 0.5) is 5.69 Å². The van der Waals surface area contributed by atoms with Gasteiger partial charge in [-0.2, -0.15) is 5.10 Å². The SMILES string of the molecule is CC(=O)c1ccc(NC(=O)CSc2nccn3nc(-c4ccc(Cl)cc4)cc23)cc1. The first-order valence-corrected chi connectivity index (χ1v) is 10.5. The highest BCUT2D eigenvalue weighted by Gasteiger charge is 2.12. The predicted octanol–water partition coefficient (Wildman–Crippen LogP) is 4.98. The third-order valence-electron chi connectivity index (χ3n) is 4.41. The number of hydrogen-bond acceptors (Lipinski definition) is 5. The standard InChI is InChI=1S/C22H17ClN4O2S/c1-14(28)15-4-8-18(9-5-15)25-21(29)13-30-22-20-12-19(26-27(20)11-10-24-22)16-2-6-17(23)7-3-16/h2-12H,13H2,1H3,(H,25,29). The fourth-order valence-electron chi connectivity index (χ4n) is 2.89. The maximum atomic E-state index is 12.3. The Labute approximate surface area is 182 Å². The average Bonchev–Trinajstić information content (AvgIpc) is 3.18. The van der Waals surface area contributed by atoms with Crippen molar-refractivity contribution in [2.75, 3.05) is 11.1 Å². The van der Waals surface area contributed by atoms with E-state index in [9.17, 15) is 9.59 Å². The number of ketones is 1. The van der Waals surface area contributed by atoms with Crippen LogP contribution in [0.5, 0.6) is 0 Å². The molecular formula is C22H17ClN4O2S. The van der Waals surface area contributed by atoms with Gasteiger partial charge in [-0.05, 0) is 49.4 Å². The summed E-state index contributed by atoms with van der Waals surface area (Å²) in [7, 11) is 0. The zero-order valence-corrected chi connectivity index (χ0v) is 17.6. The number of benzene rings is 2. The minimum atomic E-state index is -0.156. The van der Waals surface area contributed by atoms with Crippen molar-refractivity contribution in [2.24, 2.45) is 0 Å². The van der Waals surface area contributed by atoms with Gasteiger partial charge in [-0.1, -0.05) is 35.5 Å². The zero-order valence-electron chi connectivity index (χ0n) is 16.0. The van der Waals surface area contributed by atoms with Crippen molar-refractivity contribution in [3.8, 4) is 11.3 Å². The molecular weight excluding hydrogens is 420 g/mol. The smallest absolute Gasteiger partial charge is 0.234 e. The Morgan fingerprint density at radius 2 is 1.83 bits per heavy atom. The van der Waals surface area contributed by atoms with E-state index in [1.807, 2.05) is 30.3 Å². The highest BCUT2D eigenvalue weighted by Crippen LogP contribution is 2.27. The molecule has 0 atom stereocenters. The molecule has 0 aliphatic carbocycles. The van der Waals surface area contributed by atoms with E-state index >= 15 is 0 Å². The van der Waals surface area contributed by atoms with E-state index in [4.69, 9.17) is 11.6 Å². The minimum Gasteiger partial charge on any atom is -0.325 e. The van der Waals surface area contributed by atoms with E-state index in [-0.39, 0.29) is 17.4 Å². The molecule has 1 N–H and O–H groups in total. The van der Waals surface area contributed by atoms with Gasteiger partial charge in [0.1, 0.15) is 5.03 Å². The third-order valence-corrected chi connectivity index (χ3v) is 5.66. The fraction of sp³-hybridized carbons (Fsp3) is 0.0909. The van der Waals surface area contributed by atoms with Crippen LogP contribution in [0.1, 0.15) is 17.3 Å². The Kier molecular flexibility index (Phi) is 5.83. The molecule has 2 heterocycles. The summed E-state index contributed by atoms with van der Waals surface area (Å²) in [6.07, 6.45) is 3.43. The normalized spacial score (nSPS) is 10.9. The van der Waals surface area contributed by atoms with Gasteiger partial charge in [-0.25, -0.2) is 9.50 Å². The lowest BCUT2D eigenvalue weighted by Gasteiger charge is -2.06. The van der Waals surface area contributed by atoms with Crippen LogP contribution in [-0.4, -0.2) is 32.0 Å². The van der Waals surface area contributed by atoms with E-state index < -0.39 is 0 Å². The first-order valence-electron chi connectivity index (χ1n) is 9.13. The molecule has 4 aromatic rings. The fourth-order valence-corrected chi connectivity index (χ4v) is 3.79. The maximum absolute atomic E-state index is 12.3. The minimum absolute atomic E-state index is 0.0126. The molecule has 0 fully saturated rings. The van der Waals surface area contributed by atoms with Crippen molar-refractivity contribution >= 4 is 46.3 Å². The van der Waals surface area contributed by atoms with Crippen molar-refractivity contribution in [2.45, 2.75) is 11.9 Å². The molecule has 0 saturated heterocycles. The van der Waals surface area contributed by atoms with Crippen LogP contribution in [0, 0.1) is 0 Å². The number of Topliss-reactive ketones (excluding diaryl/α,β-unsaturated/α-hetero) is 1. The number of fused-ring (bicyclic) bond motifs is 1. The number of thioether (sulfide) groups is 1. The van der Waals surface area contributed by atoms with Gasteiger partial charge >= 0.3 is 0 Å². The lowest BCUT2D eigenvalue weighted by molar-refractivity contribution is -0.113. The monoisotopic (exact) mass is 436 g/mol. The molecule has 0 aliphatic rings. The molecule has 6 nitrogen and oxygen atoms in total. The van der Waals surface area contributed by atoms with Crippen LogP contribution in [0.25, 0.3) is 16.8 Å². The van der Waals surface area contributed by atoms with Crippen LogP contribution in [0.2, 0.25) is 5.02 Å². The van der Waals surface area contributed by atoms with Gasteiger partial charge in [0.2, 0.25) is 5.91 Å². The number of carbonyl (C=O) groups is 2. The summed E-state index contributed by atoms with van der Waals surface area (Å²) in [4.78, 5) is 28.1. The number of nitrogens with one attached hydrogen (secondary N) is 1. The average molecular weight is 437 g/mol. The predicted molar refractivity (Wildman–Crippen MR) is 119 cm³/mol. The third kappa shape index (κ3) is 4.53. The number of halogens is 1. The van der Waals surface area contributed by atoms with E-state index in [0.29, 0.717) is 21.3 Å². The van der Waals surface area contributed by atoms with Crippen LogP contribution in [0.3, 0.4) is 0 Å². The van der Waals surface area contributed by atoms with Gasteiger partial charge in [0, 0.05) is 34.2 Å². The first kappa shape index (κ1) is 20.1. The van der Waals surface area contributed by atoms with Crippen molar-refractivity contribution in [1.29, 1.82) is 0 Å². The molecule has 0 saturated carbocycles. The number of anilines is 1. The van der Waals surface area contributed by atoms with Crippen LogP contribution < -0.4 is 5.32 Å². The summed E-state index contributed by atoms with van der Waals surface area (Å²) in [5.41, 5.74) is 3.83. The first-order chi connectivity index (χ1) is 14.5. The Balaban J connectivity index is 1.46. The molecule has 8 heteroatoms. The molecule has 150 valence electrons. The van der Waals surface area contributed by atoms with Gasteiger partial charge in [0.05, 0.1) is 17.0 Å². The van der Waals surface area contributed by atoms with Gasteiger partial charge < -0.3 is 5.32 Å². The quantitative estimate of drug-likeness (QED) is 0.340. The summed E-state index contributed by atoms with van der Waals surface area (Å²) < 4.78 is 1.75. The summed E-state index contributed by atoms with van der Waals surface area (Å²) in [6.45, 7) is 1.51. The van der Waals surface area contributed by atoms with Gasteiger partial charge in [-0.15, -0.1) is 0 Å². The number of hydrogen-bond donors (Lipinski definition) is 1. The van der Waals surface area contributed by atoms with E-state index in [2.05, 4.69) is 15.4 Å². The Bertz CT molecular complexity index is 1220. The molecule has 30 heavy (non-hydrogen) atoms. The molecule has 2 aromatic heterocycles.